The Bertz CT molecular complexity index is 384. The van der Waals surface area contributed by atoms with E-state index >= 15 is 0 Å². The summed E-state index contributed by atoms with van der Waals surface area (Å²) < 4.78 is 15.8. The minimum absolute atomic E-state index is 0.493. The second kappa shape index (κ2) is 9.08. The normalized spacial score (nSPS) is 17.4. The molecule has 1 aliphatic carbocycles. The summed E-state index contributed by atoms with van der Waals surface area (Å²) in [6.07, 6.45) is 2.38. The highest BCUT2D eigenvalue weighted by Crippen LogP contribution is 2.30. The predicted molar refractivity (Wildman–Crippen MR) is 79.0 cm³/mol. The van der Waals surface area contributed by atoms with Gasteiger partial charge in [-0.2, -0.15) is 0 Å². The molecule has 0 amide bonds. The number of hydrogen-bond acceptors (Lipinski definition) is 4. The van der Waals surface area contributed by atoms with Gasteiger partial charge in [0.15, 0.2) is 0 Å². The van der Waals surface area contributed by atoms with Crippen molar-refractivity contribution in [1.29, 1.82) is 0 Å². The molecular weight excluding hydrogens is 254 g/mol. The highest BCUT2D eigenvalue weighted by molar-refractivity contribution is 5.34. The van der Waals surface area contributed by atoms with Crippen LogP contribution in [-0.4, -0.2) is 46.7 Å². The molecule has 0 fully saturated rings. The monoisotopic (exact) mass is 279 g/mol. The van der Waals surface area contributed by atoms with Crippen LogP contribution in [0.25, 0.3) is 0 Å². The highest BCUT2D eigenvalue weighted by atomic mass is 16.5. The Morgan fingerprint density at radius 3 is 2.65 bits per heavy atom. The lowest BCUT2D eigenvalue weighted by Crippen LogP contribution is -2.24. The maximum absolute atomic E-state index is 5.53. The summed E-state index contributed by atoms with van der Waals surface area (Å²) in [5, 5.41) is 3.56. The minimum Gasteiger partial charge on any atom is -0.382 e. The van der Waals surface area contributed by atoms with Crippen LogP contribution in [0.3, 0.4) is 0 Å². The molecule has 1 N–H and O–H groups in total. The minimum atomic E-state index is 0.493. The molecule has 0 saturated carbocycles. The van der Waals surface area contributed by atoms with Gasteiger partial charge in [-0.15, -0.1) is 0 Å². The van der Waals surface area contributed by atoms with Crippen molar-refractivity contribution in [2.45, 2.75) is 18.9 Å². The molecule has 1 aromatic rings. The fourth-order valence-electron chi connectivity index (χ4n) is 2.54. The quantitative estimate of drug-likeness (QED) is 0.665. The van der Waals surface area contributed by atoms with Crippen LogP contribution in [0.15, 0.2) is 24.3 Å². The van der Waals surface area contributed by atoms with Crippen LogP contribution in [0, 0.1) is 0 Å². The van der Waals surface area contributed by atoms with Crippen molar-refractivity contribution in [2.75, 3.05) is 46.7 Å². The molecule has 112 valence electrons. The Hall–Kier alpha value is -0.940. The zero-order chi connectivity index (χ0) is 14.0. The third kappa shape index (κ3) is 4.87. The molecule has 0 saturated heterocycles. The topological polar surface area (TPSA) is 39.7 Å². The fourth-order valence-corrected chi connectivity index (χ4v) is 2.54. The molecule has 0 aromatic heterocycles. The molecule has 2 rings (SSSR count). The van der Waals surface area contributed by atoms with Crippen molar-refractivity contribution in [3.8, 4) is 0 Å². The van der Waals surface area contributed by atoms with Gasteiger partial charge >= 0.3 is 0 Å². The number of ether oxygens (including phenoxy) is 3. The van der Waals surface area contributed by atoms with Gasteiger partial charge in [-0.1, -0.05) is 24.3 Å². The van der Waals surface area contributed by atoms with E-state index in [4.69, 9.17) is 14.2 Å². The number of fused-ring (bicyclic) bond motifs is 1. The lowest BCUT2D eigenvalue weighted by molar-refractivity contribution is 0.0252. The lowest BCUT2D eigenvalue weighted by Gasteiger charge is -2.14. The SMILES string of the molecule is COCCOCCOCCNC1CCc2ccccc21. The van der Waals surface area contributed by atoms with Crippen LogP contribution in [0.4, 0.5) is 0 Å². The third-order valence-electron chi connectivity index (χ3n) is 3.57. The summed E-state index contributed by atoms with van der Waals surface area (Å²) in [5.41, 5.74) is 2.94. The van der Waals surface area contributed by atoms with Crippen LogP contribution in [0.5, 0.6) is 0 Å². The molecule has 20 heavy (non-hydrogen) atoms. The zero-order valence-corrected chi connectivity index (χ0v) is 12.3. The van der Waals surface area contributed by atoms with E-state index in [1.165, 1.54) is 24.0 Å². The average molecular weight is 279 g/mol. The number of aryl methyl sites for hydroxylation is 1. The molecule has 4 nitrogen and oxygen atoms in total. The van der Waals surface area contributed by atoms with Gasteiger partial charge in [-0.05, 0) is 24.0 Å². The summed E-state index contributed by atoms with van der Waals surface area (Å²) in [4.78, 5) is 0. The Morgan fingerprint density at radius 1 is 1.05 bits per heavy atom. The van der Waals surface area contributed by atoms with Crippen LogP contribution >= 0.6 is 0 Å². The Morgan fingerprint density at radius 2 is 1.80 bits per heavy atom. The third-order valence-corrected chi connectivity index (χ3v) is 3.57. The van der Waals surface area contributed by atoms with Gasteiger partial charge in [0.05, 0.1) is 33.0 Å². The van der Waals surface area contributed by atoms with E-state index in [1.807, 2.05) is 0 Å². The van der Waals surface area contributed by atoms with Crippen LogP contribution < -0.4 is 5.32 Å². The molecule has 0 heterocycles. The van der Waals surface area contributed by atoms with Gasteiger partial charge in [0.1, 0.15) is 0 Å². The molecule has 1 unspecified atom stereocenters. The van der Waals surface area contributed by atoms with Crippen molar-refractivity contribution >= 4 is 0 Å². The maximum Gasteiger partial charge on any atom is 0.0701 e. The van der Waals surface area contributed by atoms with Gasteiger partial charge in [0.2, 0.25) is 0 Å². The Labute approximate surface area is 121 Å². The summed E-state index contributed by atoms with van der Waals surface area (Å²) >= 11 is 0. The largest absolute Gasteiger partial charge is 0.382 e. The van der Waals surface area contributed by atoms with E-state index in [0.717, 1.165) is 13.2 Å². The van der Waals surface area contributed by atoms with Gasteiger partial charge in [0.25, 0.3) is 0 Å². The number of benzene rings is 1. The number of methoxy groups -OCH3 is 1. The first-order valence-corrected chi connectivity index (χ1v) is 7.37. The molecule has 0 bridgehead atoms. The summed E-state index contributed by atoms with van der Waals surface area (Å²) in [7, 11) is 1.67. The average Bonchev–Trinajstić information content (AvgIpc) is 2.89. The van der Waals surface area contributed by atoms with Crippen molar-refractivity contribution < 1.29 is 14.2 Å². The summed E-state index contributed by atoms with van der Waals surface area (Å²) in [5.74, 6) is 0. The standard InChI is InChI=1S/C16H25NO3/c1-18-10-11-20-13-12-19-9-8-17-16-7-6-14-4-2-3-5-15(14)16/h2-5,16-17H,6-13H2,1H3. The van der Waals surface area contributed by atoms with Gasteiger partial charge in [0, 0.05) is 19.7 Å². The highest BCUT2D eigenvalue weighted by Gasteiger charge is 2.20. The molecule has 4 heteroatoms. The maximum atomic E-state index is 5.53. The van der Waals surface area contributed by atoms with Gasteiger partial charge in [-0.25, -0.2) is 0 Å². The molecule has 1 aromatic carbocycles. The van der Waals surface area contributed by atoms with Crippen molar-refractivity contribution in [3.63, 3.8) is 0 Å². The van der Waals surface area contributed by atoms with E-state index in [0.29, 0.717) is 32.5 Å². The van der Waals surface area contributed by atoms with E-state index in [1.54, 1.807) is 7.11 Å². The first-order chi connectivity index (χ1) is 9.92. The second-order valence-corrected chi connectivity index (χ2v) is 4.96. The Balaban J connectivity index is 1.50. The van der Waals surface area contributed by atoms with Crippen LogP contribution in [0.2, 0.25) is 0 Å². The van der Waals surface area contributed by atoms with Crippen LogP contribution in [0.1, 0.15) is 23.6 Å². The van der Waals surface area contributed by atoms with E-state index in [2.05, 4.69) is 29.6 Å². The molecule has 0 spiro atoms. The second-order valence-electron chi connectivity index (χ2n) is 4.96. The van der Waals surface area contributed by atoms with E-state index in [-0.39, 0.29) is 0 Å². The van der Waals surface area contributed by atoms with Crippen molar-refractivity contribution in [2.24, 2.45) is 0 Å². The number of nitrogens with one attached hydrogen (secondary N) is 1. The first-order valence-electron chi connectivity index (χ1n) is 7.37. The van der Waals surface area contributed by atoms with Crippen molar-refractivity contribution in [1.82, 2.24) is 5.32 Å². The summed E-state index contributed by atoms with van der Waals surface area (Å²) in [6.45, 7) is 4.17. The Kier molecular flexibility index (Phi) is 7.01. The molecule has 1 aliphatic rings. The fraction of sp³-hybridized carbons (Fsp3) is 0.625. The molecule has 1 atom stereocenters. The lowest BCUT2D eigenvalue weighted by atomic mass is 10.1. The van der Waals surface area contributed by atoms with Gasteiger partial charge in [-0.3, -0.25) is 0 Å². The van der Waals surface area contributed by atoms with Crippen LogP contribution in [-0.2, 0) is 20.6 Å². The summed E-state index contributed by atoms with van der Waals surface area (Å²) in [6, 6.07) is 9.18. The number of hydrogen-bond donors (Lipinski definition) is 1. The van der Waals surface area contributed by atoms with Crippen molar-refractivity contribution in [3.05, 3.63) is 35.4 Å². The molecule has 0 radical (unpaired) electrons. The predicted octanol–water partition coefficient (Wildman–Crippen LogP) is 1.94. The zero-order valence-electron chi connectivity index (χ0n) is 12.3. The van der Waals surface area contributed by atoms with E-state index in [9.17, 15) is 0 Å². The first kappa shape index (κ1) is 15.4. The smallest absolute Gasteiger partial charge is 0.0701 e. The molecular formula is C16H25NO3. The van der Waals surface area contributed by atoms with Gasteiger partial charge < -0.3 is 19.5 Å². The molecule has 0 aliphatic heterocycles. The number of rotatable bonds is 10. The van der Waals surface area contributed by atoms with E-state index < -0.39 is 0 Å².